The number of ether oxygens (including phenoxy) is 3. The first-order chi connectivity index (χ1) is 9.15. The van der Waals surface area contributed by atoms with Crippen LogP contribution >= 0.6 is 0 Å². The highest BCUT2D eigenvalue weighted by molar-refractivity contribution is 4.67. The van der Waals surface area contributed by atoms with Crippen molar-refractivity contribution in [3.63, 3.8) is 0 Å². The molecule has 2 N–H and O–H groups in total. The number of nitrogens with zero attached hydrogens (tertiary/aromatic N) is 1. The van der Waals surface area contributed by atoms with Crippen LogP contribution in [0.1, 0.15) is 13.8 Å². The van der Waals surface area contributed by atoms with Gasteiger partial charge in [0.25, 0.3) is 0 Å². The first kappa shape index (κ1) is 18.8. The molecule has 6 nitrogen and oxygen atoms in total. The van der Waals surface area contributed by atoms with Crippen molar-refractivity contribution in [2.75, 3.05) is 59.8 Å². The van der Waals surface area contributed by atoms with Crippen LogP contribution in [-0.2, 0) is 14.2 Å². The van der Waals surface area contributed by atoms with Gasteiger partial charge in [0.15, 0.2) is 0 Å². The molecule has 6 heteroatoms. The van der Waals surface area contributed by atoms with Gasteiger partial charge in [-0.05, 0) is 13.8 Å². The largest absolute Gasteiger partial charge is 0.395 e. The Bertz CT molecular complexity index is 188. The highest BCUT2D eigenvalue weighted by Crippen LogP contribution is 2.02. The zero-order chi connectivity index (χ0) is 14.5. The molecule has 0 aliphatic carbocycles. The summed E-state index contributed by atoms with van der Waals surface area (Å²) in [6.45, 7) is 7.48. The van der Waals surface area contributed by atoms with E-state index in [4.69, 9.17) is 24.4 Å². The Morgan fingerprint density at radius 3 is 2.16 bits per heavy atom. The number of methoxy groups -OCH3 is 1. The Morgan fingerprint density at radius 2 is 1.63 bits per heavy atom. The molecule has 0 rings (SSSR count). The minimum atomic E-state index is 0.0180. The Balaban J connectivity index is 3.75. The minimum absolute atomic E-state index is 0.0180. The molecule has 0 fully saturated rings. The lowest BCUT2D eigenvalue weighted by Crippen LogP contribution is -2.41. The molecule has 0 amide bonds. The summed E-state index contributed by atoms with van der Waals surface area (Å²) in [6.07, 6.45) is 0.0180. The molecule has 0 aromatic rings. The maximum Gasteiger partial charge on any atom is 0.0781 e. The fourth-order valence-corrected chi connectivity index (χ4v) is 1.66. The maximum atomic E-state index is 8.96. The van der Waals surface area contributed by atoms with Crippen molar-refractivity contribution >= 4 is 0 Å². The van der Waals surface area contributed by atoms with E-state index in [1.54, 1.807) is 7.11 Å². The second kappa shape index (κ2) is 12.8. The summed E-state index contributed by atoms with van der Waals surface area (Å²) in [5.41, 5.74) is 0. The Labute approximate surface area is 116 Å². The molecule has 0 bridgehead atoms. The van der Waals surface area contributed by atoms with E-state index >= 15 is 0 Å². The summed E-state index contributed by atoms with van der Waals surface area (Å²) < 4.78 is 16.0. The monoisotopic (exact) mass is 279 g/mol. The molecule has 19 heavy (non-hydrogen) atoms. The van der Waals surface area contributed by atoms with Gasteiger partial charge in [-0.3, -0.25) is 4.90 Å². The van der Waals surface area contributed by atoms with E-state index in [9.17, 15) is 0 Å². The van der Waals surface area contributed by atoms with Gasteiger partial charge in [-0.2, -0.15) is 0 Å². The van der Waals surface area contributed by atoms with Crippen LogP contribution in [0, 0.1) is 0 Å². The number of hydrogen-bond acceptors (Lipinski definition) is 6. The predicted molar refractivity (Wildman–Crippen MR) is 73.3 cm³/mol. The molecule has 0 aliphatic rings. The highest BCUT2D eigenvalue weighted by Gasteiger charge is 2.14. The summed E-state index contributed by atoms with van der Waals surface area (Å²) in [7, 11) is 1.64. The zero-order valence-electron chi connectivity index (χ0n) is 12.4. The van der Waals surface area contributed by atoms with Gasteiger partial charge in [0, 0.05) is 26.2 Å². The topological polar surface area (TPSA) is 71.4 Å². The molecule has 0 radical (unpaired) electrons. The van der Waals surface area contributed by atoms with E-state index in [2.05, 4.69) is 0 Å². The molecule has 0 saturated carbocycles. The number of hydrogen-bond donors (Lipinski definition) is 2. The summed E-state index contributed by atoms with van der Waals surface area (Å²) in [5.74, 6) is 0. The first-order valence-corrected chi connectivity index (χ1v) is 6.79. The van der Waals surface area contributed by atoms with Crippen molar-refractivity contribution in [3.8, 4) is 0 Å². The summed E-state index contributed by atoms with van der Waals surface area (Å²) in [6, 6.07) is 0.153. The van der Waals surface area contributed by atoms with Gasteiger partial charge in [0.2, 0.25) is 0 Å². The summed E-state index contributed by atoms with van der Waals surface area (Å²) in [5, 5.41) is 17.9. The Kier molecular flexibility index (Phi) is 12.6. The standard InChI is InChI=1S/C13H29NO5/c1-12(14(4-6-15)5-7-16)10-19-13(2)11-18-9-8-17-3/h12-13,15-16H,4-11H2,1-3H3. The van der Waals surface area contributed by atoms with Gasteiger partial charge in [-0.1, -0.05) is 0 Å². The van der Waals surface area contributed by atoms with Crippen LogP contribution < -0.4 is 0 Å². The normalized spacial score (nSPS) is 14.8. The molecule has 0 saturated heterocycles. The lowest BCUT2D eigenvalue weighted by molar-refractivity contribution is -0.0373. The lowest BCUT2D eigenvalue weighted by Gasteiger charge is -2.28. The van der Waals surface area contributed by atoms with Crippen LogP contribution in [0.5, 0.6) is 0 Å². The fraction of sp³-hybridized carbons (Fsp3) is 1.00. The fourth-order valence-electron chi connectivity index (χ4n) is 1.66. The van der Waals surface area contributed by atoms with Crippen LogP contribution in [0.2, 0.25) is 0 Å². The molecule has 0 aromatic heterocycles. The van der Waals surface area contributed by atoms with E-state index in [0.717, 1.165) is 0 Å². The van der Waals surface area contributed by atoms with Crippen molar-refractivity contribution < 1.29 is 24.4 Å². The van der Waals surface area contributed by atoms with Crippen LogP contribution in [0.25, 0.3) is 0 Å². The third-order valence-electron chi connectivity index (χ3n) is 2.80. The van der Waals surface area contributed by atoms with Crippen LogP contribution in [0.4, 0.5) is 0 Å². The molecule has 0 aliphatic heterocycles. The third kappa shape index (κ3) is 10.2. The van der Waals surface area contributed by atoms with E-state index < -0.39 is 0 Å². The summed E-state index contributed by atoms with van der Waals surface area (Å²) in [4.78, 5) is 2.00. The second-order valence-corrected chi connectivity index (χ2v) is 4.54. The Morgan fingerprint density at radius 1 is 1.00 bits per heavy atom. The number of rotatable bonds is 13. The Hall–Kier alpha value is -0.240. The van der Waals surface area contributed by atoms with Gasteiger partial charge in [0.05, 0.1) is 45.7 Å². The zero-order valence-corrected chi connectivity index (χ0v) is 12.4. The van der Waals surface area contributed by atoms with Crippen molar-refractivity contribution in [1.29, 1.82) is 0 Å². The highest BCUT2D eigenvalue weighted by atomic mass is 16.5. The number of aliphatic hydroxyl groups excluding tert-OH is 2. The average Bonchev–Trinajstić information content (AvgIpc) is 2.40. The van der Waals surface area contributed by atoms with Gasteiger partial charge in [-0.15, -0.1) is 0 Å². The van der Waals surface area contributed by atoms with Gasteiger partial charge >= 0.3 is 0 Å². The maximum absolute atomic E-state index is 8.96. The van der Waals surface area contributed by atoms with Crippen molar-refractivity contribution in [2.24, 2.45) is 0 Å². The SMILES string of the molecule is COCCOCC(C)OCC(C)N(CCO)CCO. The molecule has 116 valence electrons. The van der Waals surface area contributed by atoms with E-state index in [0.29, 0.717) is 39.5 Å². The van der Waals surface area contributed by atoms with Crippen molar-refractivity contribution in [3.05, 3.63) is 0 Å². The second-order valence-electron chi connectivity index (χ2n) is 4.54. The quantitative estimate of drug-likeness (QED) is 0.452. The van der Waals surface area contributed by atoms with Gasteiger partial charge in [-0.25, -0.2) is 0 Å². The van der Waals surface area contributed by atoms with Crippen molar-refractivity contribution in [1.82, 2.24) is 4.90 Å². The first-order valence-electron chi connectivity index (χ1n) is 6.79. The van der Waals surface area contributed by atoms with E-state index in [1.807, 2.05) is 18.7 Å². The predicted octanol–water partition coefficient (Wildman–Crippen LogP) is -0.270. The van der Waals surface area contributed by atoms with E-state index in [1.165, 1.54) is 0 Å². The average molecular weight is 279 g/mol. The minimum Gasteiger partial charge on any atom is -0.395 e. The molecule has 0 heterocycles. The van der Waals surface area contributed by atoms with Crippen molar-refractivity contribution in [2.45, 2.75) is 26.0 Å². The lowest BCUT2D eigenvalue weighted by atomic mass is 10.3. The van der Waals surface area contributed by atoms with Crippen LogP contribution in [0.15, 0.2) is 0 Å². The smallest absolute Gasteiger partial charge is 0.0781 e. The van der Waals surface area contributed by atoms with Crippen LogP contribution in [-0.4, -0.2) is 87.1 Å². The molecule has 0 aromatic carbocycles. The molecule has 2 atom stereocenters. The third-order valence-corrected chi connectivity index (χ3v) is 2.80. The molecule has 0 spiro atoms. The van der Waals surface area contributed by atoms with Gasteiger partial charge < -0.3 is 24.4 Å². The van der Waals surface area contributed by atoms with E-state index in [-0.39, 0.29) is 25.4 Å². The molecular weight excluding hydrogens is 250 g/mol. The summed E-state index contributed by atoms with van der Waals surface area (Å²) >= 11 is 0. The van der Waals surface area contributed by atoms with Crippen LogP contribution in [0.3, 0.4) is 0 Å². The molecular formula is C13H29NO5. The number of aliphatic hydroxyl groups is 2. The molecule has 2 unspecified atom stereocenters. The van der Waals surface area contributed by atoms with Gasteiger partial charge in [0.1, 0.15) is 0 Å².